The molecule has 0 saturated heterocycles. The zero-order valence-electron chi connectivity index (χ0n) is 15.6. The van der Waals surface area contributed by atoms with Crippen LogP contribution in [0.4, 0.5) is 0 Å². The number of carboxylic acid groups (broad SMARTS) is 1. The lowest BCUT2D eigenvalue weighted by atomic mass is 9.93. The Morgan fingerprint density at radius 1 is 0.862 bits per heavy atom. The Morgan fingerprint density at radius 2 is 1.38 bits per heavy atom. The van der Waals surface area contributed by atoms with Crippen LogP contribution in [-0.4, -0.2) is 23.0 Å². The van der Waals surface area contributed by atoms with Crippen LogP contribution in [0.5, 0.6) is 0 Å². The zero-order chi connectivity index (χ0) is 20.4. The Kier molecular flexibility index (Phi) is 5.14. The van der Waals surface area contributed by atoms with Crippen LogP contribution in [0.2, 0.25) is 0 Å². The van der Waals surface area contributed by atoms with Gasteiger partial charge >= 0.3 is 0 Å². The summed E-state index contributed by atoms with van der Waals surface area (Å²) in [5.74, 6) is -2.15. The maximum Gasteiger partial charge on any atom is 0.221 e. The van der Waals surface area contributed by atoms with Gasteiger partial charge in [-0.1, -0.05) is 78.9 Å². The van der Waals surface area contributed by atoms with Crippen molar-refractivity contribution in [2.24, 2.45) is 0 Å². The lowest BCUT2D eigenvalue weighted by Gasteiger charge is -2.26. The number of carbonyl (C=O) groups excluding carboxylic acids is 2. The molecule has 146 valence electrons. The molecule has 0 heterocycles. The highest BCUT2D eigenvalue weighted by Gasteiger charge is 2.31. The van der Waals surface area contributed by atoms with Crippen molar-refractivity contribution < 1.29 is 19.8 Å². The third kappa shape index (κ3) is 3.65. The number of hydrogen-bond acceptors (Lipinski definition) is 4. The summed E-state index contributed by atoms with van der Waals surface area (Å²) in [6, 6.07) is 22.6. The van der Waals surface area contributed by atoms with Gasteiger partial charge in [-0.25, -0.2) is 0 Å². The van der Waals surface area contributed by atoms with Crippen LogP contribution in [0.1, 0.15) is 35.1 Å². The highest BCUT2D eigenvalue weighted by molar-refractivity contribution is 5.87. The molecule has 1 amide bonds. The molecular weight excluding hydrogens is 366 g/mol. The molecule has 5 nitrogen and oxygen atoms in total. The quantitative estimate of drug-likeness (QED) is 0.679. The molecule has 0 saturated carbocycles. The normalized spacial score (nSPS) is 14.5. The second-order valence-electron chi connectivity index (χ2n) is 7.15. The minimum atomic E-state index is -1.53. The van der Waals surface area contributed by atoms with Crippen molar-refractivity contribution in [3.63, 3.8) is 0 Å². The van der Waals surface area contributed by atoms with Crippen LogP contribution in [-0.2, 0) is 9.59 Å². The maximum absolute atomic E-state index is 12.8. The van der Waals surface area contributed by atoms with Crippen molar-refractivity contribution in [3.05, 3.63) is 95.6 Å². The van der Waals surface area contributed by atoms with E-state index in [-0.39, 0.29) is 12.3 Å². The van der Waals surface area contributed by atoms with E-state index in [1.165, 1.54) is 0 Å². The van der Waals surface area contributed by atoms with E-state index in [0.717, 1.165) is 22.3 Å². The number of nitrogens with one attached hydrogen (secondary N) is 1. The Hall–Kier alpha value is -3.44. The highest BCUT2D eigenvalue weighted by atomic mass is 16.4. The average Bonchev–Trinajstić information content (AvgIpc) is 3.06. The van der Waals surface area contributed by atoms with E-state index in [9.17, 15) is 19.8 Å². The molecule has 0 fully saturated rings. The highest BCUT2D eigenvalue weighted by Crippen LogP contribution is 2.46. The van der Waals surface area contributed by atoms with E-state index in [1.54, 1.807) is 30.3 Å². The molecule has 4 rings (SSSR count). The minimum absolute atomic E-state index is 0.0827. The first-order chi connectivity index (χ1) is 14.1. The lowest BCUT2D eigenvalue weighted by Crippen LogP contribution is -2.51. The first kappa shape index (κ1) is 18.9. The van der Waals surface area contributed by atoms with Crippen LogP contribution >= 0.6 is 0 Å². The van der Waals surface area contributed by atoms with Crippen molar-refractivity contribution in [2.45, 2.75) is 24.5 Å². The van der Waals surface area contributed by atoms with E-state index in [1.807, 2.05) is 48.5 Å². The summed E-state index contributed by atoms with van der Waals surface area (Å²) < 4.78 is 0. The molecule has 2 unspecified atom stereocenters. The molecule has 0 spiro atoms. The van der Waals surface area contributed by atoms with E-state index in [2.05, 4.69) is 5.32 Å². The summed E-state index contributed by atoms with van der Waals surface area (Å²) >= 11 is 0. The van der Waals surface area contributed by atoms with E-state index < -0.39 is 24.0 Å². The second-order valence-corrected chi connectivity index (χ2v) is 7.15. The predicted molar refractivity (Wildman–Crippen MR) is 107 cm³/mol. The number of fused-ring (bicyclic) bond motifs is 3. The van der Waals surface area contributed by atoms with Crippen LogP contribution in [0.15, 0.2) is 78.9 Å². The summed E-state index contributed by atoms with van der Waals surface area (Å²) in [4.78, 5) is 24.4. The minimum Gasteiger partial charge on any atom is -0.548 e. The SMILES string of the molecule is O=C(CC1c2ccccc2-c2ccccc21)NC(C(=O)[O-])C(O)c1ccccc1. The molecule has 3 aromatic rings. The van der Waals surface area contributed by atoms with Gasteiger partial charge in [-0.2, -0.15) is 0 Å². The molecule has 0 radical (unpaired) electrons. The number of aliphatic hydroxyl groups excluding tert-OH is 1. The van der Waals surface area contributed by atoms with Gasteiger partial charge in [0.2, 0.25) is 5.91 Å². The molecule has 0 bridgehead atoms. The van der Waals surface area contributed by atoms with Gasteiger partial charge in [-0.3, -0.25) is 4.79 Å². The van der Waals surface area contributed by atoms with Crippen molar-refractivity contribution in [3.8, 4) is 11.1 Å². The molecule has 1 aliphatic carbocycles. The fourth-order valence-corrected chi connectivity index (χ4v) is 4.01. The van der Waals surface area contributed by atoms with E-state index in [4.69, 9.17) is 0 Å². The van der Waals surface area contributed by atoms with Gasteiger partial charge in [0.25, 0.3) is 0 Å². The number of aliphatic hydroxyl groups is 1. The van der Waals surface area contributed by atoms with E-state index >= 15 is 0 Å². The van der Waals surface area contributed by atoms with E-state index in [0.29, 0.717) is 5.56 Å². The molecule has 2 atom stereocenters. The molecule has 1 aliphatic rings. The zero-order valence-corrected chi connectivity index (χ0v) is 15.6. The summed E-state index contributed by atoms with van der Waals surface area (Å²) in [7, 11) is 0. The number of carboxylic acids is 1. The number of aliphatic carboxylic acids is 1. The number of amides is 1. The van der Waals surface area contributed by atoms with Gasteiger partial charge in [-0.05, 0) is 27.8 Å². The molecule has 29 heavy (non-hydrogen) atoms. The van der Waals surface area contributed by atoms with Crippen LogP contribution in [0.3, 0.4) is 0 Å². The molecule has 2 N–H and O–H groups in total. The molecule has 3 aromatic carbocycles. The molecular formula is C24H20NO4-. The number of hydrogen-bond donors (Lipinski definition) is 2. The monoisotopic (exact) mass is 386 g/mol. The Labute approximate surface area is 168 Å². The van der Waals surface area contributed by atoms with Crippen LogP contribution < -0.4 is 10.4 Å². The standard InChI is InChI=1S/C24H21NO4/c26-21(25-22(24(28)29)23(27)15-8-2-1-3-9-15)14-20-18-12-6-4-10-16(18)17-11-5-7-13-19(17)20/h1-13,20,22-23,27H,14H2,(H,25,26)(H,28,29)/p-1. The fourth-order valence-electron chi connectivity index (χ4n) is 4.01. The Balaban J connectivity index is 1.55. The lowest BCUT2D eigenvalue weighted by molar-refractivity contribution is -0.310. The number of benzene rings is 3. The molecule has 5 heteroatoms. The number of carbonyl (C=O) groups is 2. The molecule has 0 aliphatic heterocycles. The van der Waals surface area contributed by atoms with Gasteiger partial charge in [0.05, 0.1) is 12.0 Å². The topological polar surface area (TPSA) is 89.5 Å². The summed E-state index contributed by atoms with van der Waals surface area (Å²) in [5.41, 5.74) is 4.65. The maximum atomic E-state index is 12.8. The fraction of sp³-hybridized carbons (Fsp3) is 0.167. The predicted octanol–water partition coefficient (Wildman–Crippen LogP) is 2.16. The van der Waals surface area contributed by atoms with Gasteiger partial charge in [-0.15, -0.1) is 0 Å². The Bertz CT molecular complexity index is 1000. The van der Waals surface area contributed by atoms with Gasteiger partial charge in [0, 0.05) is 12.3 Å². The van der Waals surface area contributed by atoms with Gasteiger partial charge in [0.1, 0.15) is 6.10 Å². The van der Waals surface area contributed by atoms with Crippen molar-refractivity contribution in [1.29, 1.82) is 0 Å². The van der Waals surface area contributed by atoms with Crippen molar-refractivity contribution in [1.82, 2.24) is 5.32 Å². The third-order valence-electron chi connectivity index (χ3n) is 5.38. The first-order valence-electron chi connectivity index (χ1n) is 9.47. The van der Waals surface area contributed by atoms with Gasteiger partial charge < -0.3 is 20.3 Å². The van der Waals surface area contributed by atoms with Crippen LogP contribution in [0, 0.1) is 0 Å². The second kappa shape index (κ2) is 7.89. The Morgan fingerprint density at radius 3 is 1.93 bits per heavy atom. The summed E-state index contributed by atoms with van der Waals surface area (Å²) in [6.45, 7) is 0. The van der Waals surface area contributed by atoms with Crippen LogP contribution in [0.25, 0.3) is 11.1 Å². The largest absolute Gasteiger partial charge is 0.548 e. The smallest absolute Gasteiger partial charge is 0.221 e. The van der Waals surface area contributed by atoms with Crippen molar-refractivity contribution in [2.75, 3.05) is 0 Å². The average molecular weight is 386 g/mol. The molecule has 0 aromatic heterocycles. The summed E-state index contributed by atoms with van der Waals surface area (Å²) in [5, 5.41) is 24.5. The third-order valence-corrected chi connectivity index (χ3v) is 5.38. The first-order valence-corrected chi connectivity index (χ1v) is 9.47. The van der Waals surface area contributed by atoms with Crippen molar-refractivity contribution >= 4 is 11.9 Å². The summed E-state index contributed by atoms with van der Waals surface area (Å²) in [6.07, 6.45) is -1.31. The van der Waals surface area contributed by atoms with Gasteiger partial charge in [0.15, 0.2) is 0 Å². The number of rotatable bonds is 6.